The molecule has 1 aliphatic heterocycles. The number of urea groups is 1. The lowest BCUT2D eigenvalue weighted by Gasteiger charge is -2.34. The molecule has 4 heteroatoms. The van der Waals surface area contributed by atoms with E-state index in [0.29, 0.717) is 17.1 Å². The van der Waals surface area contributed by atoms with Crippen molar-refractivity contribution in [3.05, 3.63) is 29.3 Å². The predicted molar refractivity (Wildman–Crippen MR) is 93.8 cm³/mol. The fourth-order valence-corrected chi connectivity index (χ4v) is 5.36. The Morgan fingerprint density at radius 3 is 2.00 bits per heavy atom. The highest BCUT2D eigenvalue weighted by atomic mass is 35.5. The second-order valence-electron chi connectivity index (χ2n) is 7.38. The maximum atomic E-state index is 13.0. The van der Waals surface area contributed by atoms with Crippen molar-refractivity contribution in [2.75, 3.05) is 5.32 Å². The van der Waals surface area contributed by atoms with E-state index in [9.17, 15) is 4.79 Å². The molecule has 2 amide bonds. The molecule has 0 aromatic heterocycles. The molecule has 3 nitrogen and oxygen atoms in total. The molecule has 0 unspecified atom stereocenters. The van der Waals surface area contributed by atoms with Gasteiger partial charge in [0, 0.05) is 22.8 Å². The van der Waals surface area contributed by atoms with Gasteiger partial charge >= 0.3 is 6.03 Å². The van der Waals surface area contributed by atoms with E-state index in [0.717, 1.165) is 17.5 Å². The van der Waals surface area contributed by atoms with E-state index in [4.69, 9.17) is 11.6 Å². The van der Waals surface area contributed by atoms with Gasteiger partial charge in [0.15, 0.2) is 0 Å². The Balaban J connectivity index is 1.55. The van der Waals surface area contributed by atoms with Crippen molar-refractivity contribution >= 4 is 23.3 Å². The van der Waals surface area contributed by atoms with Gasteiger partial charge in [-0.1, -0.05) is 37.3 Å². The molecule has 4 rings (SSSR count). The number of nitrogens with zero attached hydrogens (tertiary/aromatic N) is 1. The molecule has 2 saturated carbocycles. The van der Waals surface area contributed by atoms with E-state index < -0.39 is 0 Å². The second-order valence-corrected chi connectivity index (χ2v) is 7.81. The average molecular weight is 333 g/mol. The minimum absolute atomic E-state index is 0.0959. The van der Waals surface area contributed by atoms with Gasteiger partial charge in [0.2, 0.25) is 0 Å². The Morgan fingerprint density at radius 1 is 0.913 bits per heavy atom. The summed E-state index contributed by atoms with van der Waals surface area (Å²) < 4.78 is 0. The zero-order chi connectivity index (χ0) is 15.8. The summed E-state index contributed by atoms with van der Waals surface area (Å²) in [6.07, 6.45) is 10.2. The highest BCUT2D eigenvalue weighted by molar-refractivity contribution is 6.30. The van der Waals surface area contributed by atoms with Crippen LogP contribution in [0.2, 0.25) is 5.02 Å². The number of halogens is 1. The number of likely N-dealkylation sites (tertiary alicyclic amines) is 1. The Hall–Kier alpha value is -1.22. The molecule has 0 radical (unpaired) electrons. The molecule has 0 bridgehead atoms. The number of anilines is 1. The van der Waals surface area contributed by atoms with Crippen LogP contribution in [0.4, 0.5) is 10.5 Å². The molecule has 4 atom stereocenters. The highest BCUT2D eigenvalue weighted by Gasteiger charge is 2.51. The molecular formula is C19H25ClN2O. The van der Waals surface area contributed by atoms with Gasteiger partial charge in [-0.25, -0.2) is 4.79 Å². The lowest BCUT2D eigenvalue weighted by Crippen LogP contribution is -2.46. The van der Waals surface area contributed by atoms with Gasteiger partial charge < -0.3 is 10.2 Å². The molecule has 0 spiro atoms. The Morgan fingerprint density at radius 2 is 1.43 bits per heavy atom. The second kappa shape index (κ2) is 6.35. The summed E-state index contributed by atoms with van der Waals surface area (Å²) in [5.74, 6) is 1.48. The van der Waals surface area contributed by atoms with E-state index in [1.54, 1.807) is 0 Å². The Labute approximate surface area is 143 Å². The first kappa shape index (κ1) is 15.3. The number of rotatable bonds is 1. The van der Waals surface area contributed by atoms with Crippen LogP contribution in [0.15, 0.2) is 24.3 Å². The molecule has 2 aliphatic carbocycles. The van der Waals surface area contributed by atoms with Gasteiger partial charge in [-0.2, -0.15) is 0 Å². The first-order chi connectivity index (χ1) is 11.2. The third-order valence-electron chi connectivity index (χ3n) is 6.16. The first-order valence-corrected chi connectivity index (χ1v) is 9.47. The minimum Gasteiger partial charge on any atom is -0.318 e. The van der Waals surface area contributed by atoms with Gasteiger partial charge in [0.25, 0.3) is 0 Å². The summed E-state index contributed by atoms with van der Waals surface area (Å²) in [6, 6.07) is 8.44. The van der Waals surface area contributed by atoms with E-state index in [1.165, 1.54) is 51.4 Å². The standard InChI is InChI=1S/C19H25ClN2O/c20-13-9-11-14(12-10-13)21-19(23)22-17-7-3-1-5-15(17)16-6-2-4-8-18(16)22/h9-12,15-18H,1-8H2,(H,21,23)/t15-,16+,17-,18-/m1/s1. The van der Waals surface area contributed by atoms with Crippen LogP contribution in [-0.4, -0.2) is 23.0 Å². The number of hydrogen-bond donors (Lipinski definition) is 1. The number of benzene rings is 1. The van der Waals surface area contributed by atoms with E-state index in [2.05, 4.69) is 10.2 Å². The maximum absolute atomic E-state index is 13.0. The minimum atomic E-state index is 0.0959. The van der Waals surface area contributed by atoms with Crippen LogP contribution in [0, 0.1) is 11.8 Å². The molecule has 3 aliphatic rings. The Kier molecular flexibility index (Phi) is 4.23. The summed E-state index contributed by atoms with van der Waals surface area (Å²) in [6.45, 7) is 0. The summed E-state index contributed by atoms with van der Waals surface area (Å²) in [5, 5.41) is 3.80. The molecule has 1 N–H and O–H groups in total. The van der Waals surface area contributed by atoms with Crippen LogP contribution in [0.1, 0.15) is 51.4 Å². The molecule has 23 heavy (non-hydrogen) atoms. The van der Waals surface area contributed by atoms with Crippen LogP contribution in [0.25, 0.3) is 0 Å². The van der Waals surface area contributed by atoms with Gasteiger partial charge in [-0.15, -0.1) is 0 Å². The van der Waals surface area contributed by atoms with Crippen molar-refractivity contribution in [1.29, 1.82) is 0 Å². The fourth-order valence-electron chi connectivity index (χ4n) is 5.24. The third-order valence-corrected chi connectivity index (χ3v) is 6.41. The molecule has 1 heterocycles. The fraction of sp³-hybridized carbons (Fsp3) is 0.632. The number of nitrogens with one attached hydrogen (secondary N) is 1. The van der Waals surface area contributed by atoms with Crippen LogP contribution in [-0.2, 0) is 0 Å². The number of carbonyl (C=O) groups is 1. The highest BCUT2D eigenvalue weighted by Crippen LogP contribution is 2.49. The van der Waals surface area contributed by atoms with Crippen molar-refractivity contribution in [2.24, 2.45) is 11.8 Å². The molecule has 124 valence electrons. The molecule has 1 aromatic rings. The van der Waals surface area contributed by atoms with E-state index >= 15 is 0 Å². The molecular weight excluding hydrogens is 308 g/mol. The monoisotopic (exact) mass is 332 g/mol. The van der Waals surface area contributed by atoms with Crippen molar-refractivity contribution < 1.29 is 4.79 Å². The summed E-state index contributed by atoms with van der Waals surface area (Å²) in [4.78, 5) is 15.2. The molecule has 3 fully saturated rings. The summed E-state index contributed by atoms with van der Waals surface area (Å²) in [5.41, 5.74) is 0.839. The molecule has 1 aromatic carbocycles. The van der Waals surface area contributed by atoms with Gasteiger partial charge in [0.1, 0.15) is 0 Å². The summed E-state index contributed by atoms with van der Waals surface area (Å²) in [7, 11) is 0. The lowest BCUT2D eigenvalue weighted by molar-refractivity contribution is 0.157. The quantitative estimate of drug-likeness (QED) is 0.743. The topological polar surface area (TPSA) is 32.3 Å². The third kappa shape index (κ3) is 2.84. The number of amides is 2. The SMILES string of the molecule is O=C(Nc1ccc(Cl)cc1)N1[C@@H]2CCCC[C@@H]2[C@@H]2CCCC[C@H]21. The predicted octanol–water partition coefficient (Wildman–Crippen LogP) is 5.31. The van der Waals surface area contributed by atoms with Crippen molar-refractivity contribution in [3.63, 3.8) is 0 Å². The average Bonchev–Trinajstić information content (AvgIpc) is 2.91. The van der Waals surface area contributed by atoms with Gasteiger partial charge in [-0.3, -0.25) is 0 Å². The van der Waals surface area contributed by atoms with Crippen LogP contribution >= 0.6 is 11.6 Å². The van der Waals surface area contributed by atoms with Crippen LogP contribution < -0.4 is 5.32 Å². The van der Waals surface area contributed by atoms with Crippen molar-refractivity contribution in [3.8, 4) is 0 Å². The van der Waals surface area contributed by atoms with E-state index in [1.807, 2.05) is 24.3 Å². The van der Waals surface area contributed by atoms with Crippen molar-refractivity contribution in [1.82, 2.24) is 4.90 Å². The normalized spacial score (nSPS) is 33.0. The van der Waals surface area contributed by atoms with Crippen LogP contribution in [0.5, 0.6) is 0 Å². The van der Waals surface area contributed by atoms with Gasteiger partial charge in [0.05, 0.1) is 0 Å². The zero-order valence-electron chi connectivity index (χ0n) is 13.5. The number of carbonyl (C=O) groups excluding carboxylic acids is 1. The lowest BCUT2D eigenvalue weighted by atomic mass is 9.73. The largest absolute Gasteiger partial charge is 0.322 e. The molecule has 1 saturated heterocycles. The van der Waals surface area contributed by atoms with E-state index in [-0.39, 0.29) is 6.03 Å². The van der Waals surface area contributed by atoms with Gasteiger partial charge in [-0.05, 0) is 61.8 Å². The van der Waals surface area contributed by atoms with Crippen molar-refractivity contribution in [2.45, 2.75) is 63.5 Å². The summed E-state index contributed by atoms with van der Waals surface area (Å²) >= 11 is 5.93. The number of fused-ring (bicyclic) bond motifs is 3. The smallest absolute Gasteiger partial charge is 0.318 e. The number of hydrogen-bond acceptors (Lipinski definition) is 1. The maximum Gasteiger partial charge on any atom is 0.322 e. The van der Waals surface area contributed by atoms with Crippen LogP contribution in [0.3, 0.4) is 0 Å². The first-order valence-electron chi connectivity index (χ1n) is 9.09. The zero-order valence-corrected chi connectivity index (χ0v) is 14.3. The Bertz CT molecular complexity index is 551.